The van der Waals surface area contributed by atoms with Gasteiger partial charge < -0.3 is 0 Å². The Balaban J connectivity index is 1.96. The molecule has 1 aromatic heterocycles. The van der Waals surface area contributed by atoms with Gasteiger partial charge in [-0.15, -0.1) is 0 Å². The minimum Gasteiger partial charge on any atom is -0.223 e. The fourth-order valence-corrected chi connectivity index (χ4v) is 2.91. The second-order valence-corrected chi connectivity index (χ2v) is 7.01. The molecule has 0 aliphatic carbocycles. The Kier molecular flexibility index (Phi) is 5.44. The molecule has 1 atom stereocenters. The van der Waals surface area contributed by atoms with Crippen LogP contribution in [-0.2, 0) is 16.8 Å². The van der Waals surface area contributed by atoms with Crippen LogP contribution in [0.2, 0.25) is 0 Å². The highest BCUT2D eigenvalue weighted by Gasteiger charge is 2.19. The smallest absolute Gasteiger partial charge is 0.223 e. The summed E-state index contributed by atoms with van der Waals surface area (Å²) in [5, 5.41) is 12.8. The fraction of sp³-hybridized carbons (Fsp3) is 0.357. The van der Waals surface area contributed by atoms with E-state index in [0.717, 1.165) is 15.6 Å². The van der Waals surface area contributed by atoms with E-state index in [-0.39, 0.29) is 19.0 Å². The van der Waals surface area contributed by atoms with Crippen LogP contribution >= 0.6 is 0 Å². The van der Waals surface area contributed by atoms with Crippen LogP contribution < -0.4 is 4.72 Å². The van der Waals surface area contributed by atoms with Gasteiger partial charge >= 0.3 is 0 Å². The molecule has 0 saturated heterocycles. The van der Waals surface area contributed by atoms with Crippen LogP contribution in [0.15, 0.2) is 36.9 Å². The molecule has 0 amide bonds. The Morgan fingerprint density at radius 1 is 1.39 bits per heavy atom. The highest BCUT2D eigenvalue weighted by molar-refractivity contribution is 7.87. The van der Waals surface area contributed by atoms with Gasteiger partial charge in [0.25, 0.3) is 10.2 Å². The predicted octanol–water partition coefficient (Wildman–Crippen LogP) is 0.693. The van der Waals surface area contributed by atoms with Crippen molar-refractivity contribution in [2.45, 2.75) is 13.5 Å². The zero-order valence-electron chi connectivity index (χ0n) is 12.9. The number of hydrogen-bond donors (Lipinski definition) is 1. The Morgan fingerprint density at radius 3 is 2.65 bits per heavy atom. The minimum absolute atomic E-state index is 0.150. The first-order valence-electron chi connectivity index (χ1n) is 6.97. The van der Waals surface area contributed by atoms with Crippen LogP contribution in [0.25, 0.3) is 5.69 Å². The molecule has 1 N–H and O–H groups in total. The lowest BCUT2D eigenvalue weighted by Crippen LogP contribution is -2.39. The molecule has 1 heterocycles. The summed E-state index contributed by atoms with van der Waals surface area (Å²) in [6.45, 7) is 2.00. The van der Waals surface area contributed by atoms with Crippen molar-refractivity contribution in [1.29, 1.82) is 5.26 Å². The van der Waals surface area contributed by atoms with Gasteiger partial charge in [0.2, 0.25) is 0 Å². The molecule has 0 bridgehead atoms. The normalized spacial score (nSPS) is 13.0. The highest BCUT2D eigenvalue weighted by Crippen LogP contribution is 2.09. The van der Waals surface area contributed by atoms with Crippen molar-refractivity contribution in [3.05, 3.63) is 42.5 Å². The maximum Gasteiger partial charge on any atom is 0.279 e. The third-order valence-corrected chi connectivity index (χ3v) is 4.72. The molecule has 0 radical (unpaired) electrons. The predicted molar refractivity (Wildman–Crippen MR) is 84.5 cm³/mol. The maximum atomic E-state index is 12.1. The molecule has 0 spiro atoms. The number of nitriles is 1. The van der Waals surface area contributed by atoms with E-state index >= 15 is 0 Å². The molecule has 23 heavy (non-hydrogen) atoms. The minimum atomic E-state index is -3.61. The molecule has 0 fully saturated rings. The van der Waals surface area contributed by atoms with Crippen molar-refractivity contribution in [2.24, 2.45) is 5.92 Å². The molecule has 2 rings (SSSR count). The van der Waals surface area contributed by atoms with Crippen LogP contribution in [0.1, 0.15) is 12.5 Å². The van der Waals surface area contributed by atoms with Crippen molar-refractivity contribution in [1.82, 2.24) is 23.8 Å². The van der Waals surface area contributed by atoms with Crippen LogP contribution in [0, 0.1) is 17.2 Å². The number of aromatic nitrogens is 3. The summed E-state index contributed by atoms with van der Waals surface area (Å²) in [6.07, 6.45) is 3.03. The summed E-state index contributed by atoms with van der Waals surface area (Å²) in [5.41, 5.74) is 1.66. The molecule has 122 valence electrons. The molecule has 8 nitrogen and oxygen atoms in total. The summed E-state index contributed by atoms with van der Waals surface area (Å²) < 4.78 is 29.5. The SMILES string of the molecule is CC(C#N)CN(C)S(=O)(=O)NCc1ccc(-n2cncn2)cc1. The molecule has 2 aromatic rings. The van der Waals surface area contributed by atoms with Crippen molar-refractivity contribution in [2.75, 3.05) is 13.6 Å². The van der Waals surface area contributed by atoms with E-state index in [2.05, 4.69) is 14.8 Å². The van der Waals surface area contributed by atoms with Gasteiger partial charge in [0.1, 0.15) is 12.7 Å². The zero-order chi connectivity index (χ0) is 16.9. The first-order valence-corrected chi connectivity index (χ1v) is 8.41. The quantitative estimate of drug-likeness (QED) is 0.802. The number of nitrogens with zero attached hydrogens (tertiary/aromatic N) is 5. The van der Waals surface area contributed by atoms with Crippen LogP contribution in [0.3, 0.4) is 0 Å². The van der Waals surface area contributed by atoms with E-state index in [4.69, 9.17) is 5.26 Å². The summed E-state index contributed by atoms with van der Waals surface area (Å²) >= 11 is 0. The van der Waals surface area contributed by atoms with Crippen LogP contribution in [0.5, 0.6) is 0 Å². The molecular formula is C14H18N6O2S. The average Bonchev–Trinajstić information content (AvgIpc) is 3.07. The third-order valence-electron chi connectivity index (χ3n) is 3.24. The Morgan fingerprint density at radius 2 is 2.09 bits per heavy atom. The van der Waals surface area contributed by atoms with Crippen LogP contribution in [0.4, 0.5) is 0 Å². The van der Waals surface area contributed by atoms with E-state index in [0.29, 0.717) is 0 Å². The van der Waals surface area contributed by atoms with Crippen molar-refractivity contribution < 1.29 is 8.42 Å². The molecule has 0 aliphatic rings. The number of nitrogens with one attached hydrogen (secondary N) is 1. The van der Waals surface area contributed by atoms with Gasteiger partial charge in [0.05, 0.1) is 17.7 Å². The van der Waals surface area contributed by atoms with Gasteiger partial charge in [0.15, 0.2) is 0 Å². The van der Waals surface area contributed by atoms with Crippen LogP contribution in [-0.4, -0.2) is 41.1 Å². The lowest BCUT2D eigenvalue weighted by atomic mass is 10.2. The van der Waals surface area contributed by atoms with Crippen molar-refractivity contribution >= 4 is 10.2 Å². The van der Waals surface area contributed by atoms with E-state index in [1.165, 1.54) is 13.4 Å². The van der Waals surface area contributed by atoms with E-state index in [1.807, 2.05) is 30.3 Å². The molecule has 1 unspecified atom stereocenters. The van der Waals surface area contributed by atoms with Crippen molar-refractivity contribution in [3.63, 3.8) is 0 Å². The van der Waals surface area contributed by atoms with Gasteiger partial charge in [-0.1, -0.05) is 12.1 Å². The summed E-state index contributed by atoms with van der Waals surface area (Å²) in [4.78, 5) is 3.87. The van der Waals surface area contributed by atoms with Gasteiger partial charge in [-0.3, -0.25) is 0 Å². The molecule has 0 saturated carbocycles. The van der Waals surface area contributed by atoms with Gasteiger partial charge in [-0.25, -0.2) is 9.67 Å². The van der Waals surface area contributed by atoms with Crippen molar-refractivity contribution in [3.8, 4) is 11.8 Å². The van der Waals surface area contributed by atoms with Gasteiger partial charge in [-0.05, 0) is 24.6 Å². The molecule has 9 heteroatoms. The summed E-state index contributed by atoms with van der Waals surface area (Å²) in [6, 6.07) is 9.31. The number of hydrogen-bond acceptors (Lipinski definition) is 5. The maximum absolute atomic E-state index is 12.1. The average molecular weight is 334 g/mol. The van der Waals surface area contributed by atoms with E-state index < -0.39 is 10.2 Å². The molecule has 0 aliphatic heterocycles. The largest absolute Gasteiger partial charge is 0.279 e. The van der Waals surface area contributed by atoms with E-state index in [1.54, 1.807) is 17.9 Å². The Labute approximate surface area is 135 Å². The Bertz CT molecular complexity index is 765. The van der Waals surface area contributed by atoms with Gasteiger partial charge in [0, 0.05) is 20.1 Å². The molecule has 1 aromatic carbocycles. The van der Waals surface area contributed by atoms with Gasteiger partial charge in [-0.2, -0.15) is 27.8 Å². The summed E-state index contributed by atoms with van der Waals surface area (Å²) in [5.74, 6) is -0.362. The monoisotopic (exact) mass is 334 g/mol. The highest BCUT2D eigenvalue weighted by atomic mass is 32.2. The fourth-order valence-electron chi connectivity index (χ4n) is 1.92. The second-order valence-electron chi connectivity index (χ2n) is 5.14. The first kappa shape index (κ1) is 17.1. The topological polar surface area (TPSA) is 104 Å². The number of rotatable bonds is 7. The lowest BCUT2D eigenvalue weighted by Gasteiger charge is -2.18. The number of benzene rings is 1. The molecular weight excluding hydrogens is 316 g/mol. The first-order chi connectivity index (χ1) is 10.9. The second kappa shape index (κ2) is 7.32. The standard InChI is InChI=1S/C14H18N6O2S/c1-12(7-15)9-19(2)23(21,22)18-8-13-3-5-14(6-4-13)20-11-16-10-17-20/h3-6,10-12,18H,8-9H2,1-2H3. The Hall–Kier alpha value is -2.28. The zero-order valence-corrected chi connectivity index (χ0v) is 13.7. The van der Waals surface area contributed by atoms with E-state index in [9.17, 15) is 8.42 Å². The lowest BCUT2D eigenvalue weighted by molar-refractivity contribution is 0.430. The summed E-state index contributed by atoms with van der Waals surface area (Å²) in [7, 11) is -2.16. The third kappa shape index (κ3) is 4.59.